The lowest BCUT2D eigenvalue weighted by Gasteiger charge is -2.02. The molecule has 0 saturated carbocycles. The summed E-state index contributed by atoms with van der Waals surface area (Å²) in [5.41, 5.74) is 2.00. The molecule has 7 nitrogen and oxygen atoms in total. The Morgan fingerprint density at radius 3 is 2.79 bits per heavy atom. The third-order valence-corrected chi connectivity index (χ3v) is 3.29. The summed E-state index contributed by atoms with van der Waals surface area (Å²) in [4.78, 5) is 14.7. The van der Waals surface area contributed by atoms with E-state index in [4.69, 9.17) is 0 Å². The lowest BCUT2D eigenvalue weighted by Crippen LogP contribution is -2.02. The molecule has 0 aliphatic rings. The molecule has 19 heavy (non-hydrogen) atoms. The Kier molecular flexibility index (Phi) is 3.52. The molecule has 0 aliphatic carbocycles. The molecule has 2 N–H and O–H groups in total. The van der Waals surface area contributed by atoms with Gasteiger partial charge in [-0.25, -0.2) is 18.4 Å². The van der Waals surface area contributed by atoms with Crippen LogP contribution in [-0.2, 0) is 9.84 Å². The highest BCUT2D eigenvalue weighted by atomic mass is 32.2. The molecule has 0 amide bonds. The summed E-state index contributed by atoms with van der Waals surface area (Å²) < 4.78 is 22.9. The zero-order valence-corrected chi connectivity index (χ0v) is 11.7. The Morgan fingerprint density at radius 1 is 1.42 bits per heavy atom. The number of nitrogens with one attached hydrogen (secondary N) is 2. The van der Waals surface area contributed by atoms with Gasteiger partial charge in [-0.2, -0.15) is 4.98 Å². The van der Waals surface area contributed by atoms with Crippen LogP contribution >= 0.6 is 0 Å². The van der Waals surface area contributed by atoms with Crippen LogP contribution in [-0.4, -0.2) is 41.2 Å². The maximum atomic E-state index is 11.4. The van der Waals surface area contributed by atoms with Crippen LogP contribution in [0.2, 0.25) is 0 Å². The smallest absolute Gasteiger partial charge is 0.227 e. The topological polar surface area (TPSA) is 101 Å². The molecule has 0 aliphatic heterocycles. The Bertz CT molecular complexity index is 729. The summed E-state index contributed by atoms with van der Waals surface area (Å²) in [5, 5.41) is 2.99. The van der Waals surface area contributed by atoms with Gasteiger partial charge in [-0.05, 0) is 13.8 Å². The first-order valence-electron chi connectivity index (χ1n) is 5.66. The zero-order valence-electron chi connectivity index (χ0n) is 10.9. The van der Waals surface area contributed by atoms with Gasteiger partial charge in [0.15, 0.2) is 11.5 Å². The first-order valence-corrected chi connectivity index (χ1v) is 7.55. The minimum Gasteiger partial charge on any atom is -0.365 e. The number of rotatable bonds is 4. The number of H-pyrrole nitrogens is 1. The molecule has 0 atom stereocenters. The minimum absolute atomic E-state index is 0.103. The van der Waals surface area contributed by atoms with Gasteiger partial charge in [-0.3, -0.25) is 0 Å². The van der Waals surface area contributed by atoms with Gasteiger partial charge in [-0.1, -0.05) is 11.6 Å². The van der Waals surface area contributed by atoms with Crippen molar-refractivity contribution in [3.8, 4) is 0 Å². The van der Waals surface area contributed by atoms with E-state index in [-0.39, 0.29) is 5.16 Å². The highest BCUT2D eigenvalue weighted by molar-refractivity contribution is 7.90. The molecule has 2 rings (SSSR count). The molecule has 0 radical (unpaired) electrons. The highest BCUT2D eigenvalue weighted by Crippen LogP contribution is 2.18. The number of aromatic nitrogens is 4. The summed E-state index contributed by atoms with van der Waals surface area (Å²) >= 11 is 0. The van der Waals surface area contributed by atoms with Gasteiger partial charge in [0.1, 0.15) is 11.8 Å². The summed E-state index contributed by atoms with van der Waals surface area (Å²) in [6.07, 6.45) is 4.44. The molecular weight excluding hydrogens is 266 g/mol. The second-order valence-corrected chi connectivity index (χ2v) is 6.33. The van der Waals surface area contributed by atoms with Gasteiger partial charge in [-0.15, -0.1) is 0 Å². The number of imidazole rings is 1. The Balaban J connectivity index is 2.40. The molecule has 0 spiro atoms. The van der Waals surface area contributed by atoms with Gasteiger partial charge in [0.25, 0.3) is 0 Å². The number of aromatic amines is 1. The van der Waals surface area contributed by atoms with E-state index in [1.165, 1.54) is 11.9 Å². The lowest BCUT2D eigenvalue weighted by atomic mass is 10.3. The van der Waals surface area contributed by atoms with Crippen LogP contribution in [0.5, 0.6) is 0 Å². The second kappa shape index (κ2) is 4.96. The number of allylic oxidation sites excluding steroid dienone is 1. The fraction of sp³-hybridized carbons (Fsp3) is 0.364. The van der Waals surface area contributed by atoms with Crippen molar-refractivity contribution in [1.82, 2.24) is 19.9 Å². The summed E-state index contributed by atoms with van der Waals surface area (Å²) in [5.74, 6) is 0.532. The number of hydrogen-bond acceptors (Lipinski definition) is 6. The van der Waals surface area contributed by atoms with Crippen molar-refractivity contribution >= 4 is 26.8 Å². The van der Waals surface area contributed by atoms with Crippen molar-refractivity contribution in [2.75, 3.05) is 18.1 Å². The Hall–Kier alpha value is -1.96. The van der Waals surface area contributed by atoms with Crippen LogP contribution in [0.25, 0.3) is 11.2 Å². The predicted molar refractivity (Wildman–Crippen MR) is 72.7 cm³/mol. The summed E-state index contributed by atoms with van der Waals surface area (Å²) in [6.45, 7) is 4.59. The average molecular weight is 281 g/mol. The van der Waals surface area contributed by atoms with Crippen molar-refractivity contribution in [1.29, 1.82) is 0 Å². The molecule has 0 unspecified atom stereocenters. The molecule has 0 aromatic carbocycles. The van der Waals surface area contributed by atoms with Gasteiger partial charge in [0.05, 0.1) is 0 Å². The van der Waals surface area contributed by atoms with Crippen molar-refractivity contribution in [3.05, 3.63) is 18.0 Å². The summed E-state index contributed by atoms with van der Waals surface area (Å²) in [6, 6.07) is 0. The highest BCUT2D eigenvalue weighted by Gasteiger charge is 2.15. The number of sulfone groups is 1. The summed E-state index contributed by atoms with van der Waals surface area (Å²) in [7, 11) is -3.39. The molecule has 0 bridgehead atoms. The number of anilines is 1. The van der Waals surface area contributed by atoms with Crippen molar-refractivity contribution in [2.45, 2.75) is 19.0 Å². The van der Waals surface area contributed by atoms with E-state index in [2.05, 4.69) is 25.3 Å². The van der Waals surface area contributed by atoms with E-state index < -0.39 is 9.84 Å². The van der Waals surface area contributed by atoms with Crippen LogP contribution < -0.4 is 5.32 Å². The van der Waals surface area contributed by atoms with Gasteiger partial charge < -0.3 is 10.3 Å². The van der Waals surface area contributed by atoms with Gasteiger partial charge in [0.2, 0.25) is 15.0 Å². The van der Waals surface area contributed by atoms with Gasteiger partial charge in [0, 0.05) is 12.8 Å². The van der Waals surface area contributed by atoms with E-state index in [1.807, 2.05) is 19.9 Å². The SMILES string of the molecule is CC(C)=CCNc1ncnc2nc(S(C)(=O)=O)[nH]c12. The molecule has 0 saturated heterocycles. The third kappa shape index (κ3) is 3.08. The molecule has 2 aromatic heterocycles. The van der Waals surface area contributed by atoms with Crippen LogP contribution in [0.15, 0.2) is 23.1 Å². The monoisotopic (exact) mass is 281 g/mol. The molecule has 2 aromatic rings. The van der Waals surface area contributed by atoms with Crippen LogP contribution in [0.4, 0.5) is 5.82 Å². The van der Waals surface area contributed by atoms with Crippen LogP contribution in [0.1, 0.15) is 13.8 Å². The quantitative estimate of drug-likeness (QED) is 0.815. The predicted octanol–water partition coefficient (Wildman–Crippen LogP) is 1.13. The maximum absolute atomic E-state index is 11.4. The molecule has 0 fully saturated rings. The molecule has 102 valence electrons. The second-order valence-electron chi connectivity index (χ2n) is 4.40. The lowest BCUT2D eigenvalue weighted by molar-refractivity contribution is 0.595. The largest absolute Gasteiger partial charge is 0.365 e. The average Bonchev–Trinajstić information content (AvgIpc) is 2.72. The molecular formula is C11H15N5O2S. The van der Waals surface area contributed by atoms with E-state index >= 15 is 0 Å². The minimum atomic E-state index is -3.39. The molecule has 2 heterocycles. The van der Waals surface area contributed by atoms with Crippen molar-refractivity contribution in [3.63, 3.8) is 0 Å². The van der Waals surface area contributed by atoms with Gasteiger partial charge >= 0.3 is 0 Å². The third-order valence-electron chi connectivity index (χ3n) is 2.40. The number of hydrogen-bond donors (Lipinski definition) is 2. The molecule has 8 heteroatoms. The standard InChI is InChI=1S/C11H15N5O2S/c1-7(2)4-5-12-9-8-10(14-6-13-9)16-11(15-8)19(3,17)18/h4,6H,5H2,1-3H3,(H2,12,13,14,15,16). The zero-order chi connectivity index (χ0) is 14.0. The fourth-order valence-corrected chi connectivity index (χ4v) is 2.01. The van der Waals surface area contributed by atoms with Crippen LogP contribution in [0, 0.1) is 0 Å². The first-order chi connectivity index (χ1) is 8.88. The Labute approximate surface area is 111 Å². The fourth-order valence-electron chi connectivity index (χ4n) is 1.47. The van der Waals surface area contributed by atoms with Crippen molar-refractivity contribution in [2.24, 2.45) is 0 Å². The van der Waals surface area contributed by atoms with Crippen LogP contribution in [0.3, 0.4) is 0 Å². The van der Waals surface area contributed by atoms with E-state index in [1.54, 1.807) is 0 Å². The normalized spacial score (nSPS) is 11.5. The Morgan fingerprint density at radius 2 is 2.16 bits per heavy atom. The van der Waals surface area contributed by atoms with Crippen molar-refractivity contribution < 1.29 is 8.42 Å². The maximum Gasteiger partial charge on any atom is 0.227 e. The van der Waals surface area contributed by atoms with E-state index in [0.717, 1.165) is 6.26 Å². The van der Waals surface area contributed by atoms with E-state index in [0.29, 0.717) is 23.5 Å². The number of fused-ring (bicyclic) bond motifs is 1. The number of nitrogens with zero attached hydrogens (tertiary/aromatic N) is 3. The first kappa shape index (κ1) is 13.5. The van der Waals surface area contributed by atoms with E-state index in [9.17, 15) is 8.42 Å².